The lowest BCUT2D eigenvalue weighted by Crippen LogP contribution is -2.05. The van der Waals surface area contributed by atoms with E-state index in [0.29, 0.717) is 15.5 Å². The molecule has 0 radical (unpaired) electrons. The molecule has 1 unspecified atom stereocenters. The summed E-state index contributed by atoms with van der Waals surface area (Å²) in [5, 5.41) is 0.637. The van der Waals surface area contributed by atoms with Crippen molar-refractivity contribution in [3.8, 4) is 11.8 Å². The van der Waals surface area contributed by atoms with Crippen molar-refractivity contribution in [2.45, 2.75) is 18.7 Å². The van der Waals surface area contributed by atoms with Crippen molar-refractivity contribution in [2.24, 2.45) is 4.36 Å². The van der Waals surface area contributed by atoms with Crippen molar-refractivity contribution in [1.82, 2.24) is 4.98 Å². The minimum atomic E-state index is -2.88. The number of halogens is 1. The molecule has 4 nitrogen and oxygen atoms in total. The number of nitrogens with zero attached hydrogens (tertiary/aromatic N) is 2. The Kier molecular flexibility index (Phi) is 6.17. The van der Waals surface area contributed by atoms with E-state index in [2.05, 4.69) is 21.2 Å². The van der Waals surface area contributed by atoms with Gasteiger partial charge in [-0.25, -0.2) is 4.21 Å². The summed E-state index contributed by atoms with van der Waals surface area (Å²) in [6.07, 6.45) is 4.43. The van der Waals surface area contributed by atoms with Crippen molar-refractivity contribution >= 4 is 27.2 Å². The van der Waals surface area contributed by atoms with E-state index < -0.39 is 15.6 Å². The summed E-state index contributed by atoms with van der Waals surface area (Å²) >= 11 is 5.87. The van der Waals surface area contributed by atoms with Crippen LogP contribution in [0.2, 0.25) is 5.02 Å². The molecular formula is C23H19ClN2O2S. The van der Waals surface area contributed by atoms with Crippen LogP contribution in [0.15, 0.2) is 70.2 Å². The first-order valence-electron chi connectivity index (χ1n) is 8.80. The van der Waals surface area contributed by atoms with Gasteiger partial charge < -0.3 is 0 Å². The smallest absolute Gasteiger partial charge is 0.266 e. The van der Waals surface area contributed by atoms with Gasteiger partial charge in [0.05, 0.1) is 15.3 Å². The number of aryl methyl sites for hydroxylation is 2. The number of hydrogen-bond donors (Lipinski definition) is 0. The van der Waals surface area contributed by atoms with Gasteiger partial charge in [-0.3, -0.25) is 9.78 Å². The molecule has 0 aliphatic rings. The third kappa shape index (κ3) is 5.54. The van der Waals surface area contributed by atoms with Gasteiger partial charge in [-0.2, -0.15) is 4.36 Å². The van der Waals surface area contributed by atoms with Crippen molar-refractivity contribution in [3.63, 3.8) is 0 Å². The van der Waals surface area contributed by atoms with E-state index in [1.807, 2.05) is 32.0 Å². The first-order chi connectivity index (χ1) is 13.7. The van der Waals surface area contributed by atoms with Gasteiger partial charge in [0.25, 0.3) is 5.91 Å². The highest BCUT2D eigenvalue weighted by molar-refractivity contribution is 7.93. The molecule has 29 heavy (non-hydrogen) atoms. The second-order valence-electron chi connectivity index (χ2n) is 6.74. The molecule has 1 aromatic heterocycles. The first kappa shape index (κ1) is 20.8. The Morgan fingerprint density at radius 1 is 0.966 bits per heavy atom. The van der Waals surface area contributed by atoms with Crippen LogP contribution in [0.25, 0.3) is 0 Å². The lowest BCUT2D eigenvalue weighted by Gasteiger charge is -2.07. The Hall–Kier alpha value is -2.94. The highest BCUT2D eigenvalue weighted by Crippen LogP contribution is 2.17. The maximum atomic E-state index is 13.1. The number of hydrogen-bond acceptors (Lipinski definition) is 3. The molecule has 2 aromatic carbocycles. The lowest BCUT2D eigenvalue weighted by atomic mass is 10.2. The SMILES string of the molecule is Cc1cc(C)cc(S(C)(=O)=NC(=O)c2cncc(C#Cc3ccc(Cl)cc3)c2)c1. The molecule has 1 amide bonds. The fraction of sp³-hybridized carbons (Fsp3) is 0.130. The van der Waals surface area contributed by atoms with E-state index in [4.69, 9.17) is 11.6 Å². The summed E-state index contributed by atoms with van der Waals surface area (Å²) in [5.74, 6) is 5.37. The molecule has 6 heteroatoms. The van der Waals surface area contributed by atoms with Gasteiger partial charge >= 0.3 is 0 Å². The normalized spacial score (nSPS) is 12.4. The van der Waals surface area contributed by atoms with Crippen LogP contribution in [-0.4, -0.2) is 21.4 Å². The van der Waals surface area contributed by atoms with E-state index in [0.717, 1.165) is 16.7 Å². The molecule has 3 aromatic rings. The van der Waals surface area contributed by atoms with Gasteiger partial charge in [0, 0.05) is 39.7 Å². The molecule has 0 aliphatic carbocycles. The van der Waals surface area contributed by atoms with Crippen LogP contribution >= 0.6 is 11.6 Å². The van der Waals surface area contributed by atoms with E-state index in [1.165, 1.54) is 12.5 Å². The van der Waals surface area contributed by atoms with Crippen LogP contribution in [0.3, 0.4) is 0 Å². The average Bonchev–Trinajstić information content (AvgIpc) is 2.67. The fourth-order valence-electron chi connectivity index (χ4n) is 2.72. The highest BCUT2D eigenvalue weighted by Gasteiger charge is 2.13. The van der Waals surface area contributed by atoms with E-state index in [9.17, 15) is 9.00 Å². The Balaban J connectivity index is 1.90. The zero-order chi connectivity index (χ0) is 21.0. The molecule has 0 spiro atoms. The van der Waals surface area contributed by atoms with Gasteiger partial charge in [0.1, 0.15) is 0 Å². The number of benzene rings is 2. The van der Waals surface area contributed by atoms with Crippen LogP contribution in [0.5, 0.6) is 0 Å². The third-order valence-electron chi connectivity index (χ3n) is 4.07. The molecule has 146 valence electrons. The Bertz CT molecular complexity index is 1240. The van der Waals surface area contributed by atoms with E-state index >= 15 is 0 Å². The number of pyridine rings is 1. The zero-order valence-electron chi connectivity index (χ0n) is 16.3. The van der Waals surface area contributed by atoms with Gasteiger partial charge in [-0.15, -0.1) is 0 Å². The third-order valence-corrected chi connectivity index (χ3v) is 5.95. The zero-order valence-corrected chi connectivity index (χ0v) is 17.8. The van der Waals surface area contributed by atoms with Gasteiger partial charge in [0.15, 0.2) is 0 Å². The topological polar surface area (TPSA) is 59.4 Å². The summed E-state index contributed by atoms with van der Waals surface area (Å²) < 4.78 is 17.0. The minimum absolute atomic E-state index is 0.242. The van der Waals surface area contributed by atoms with Gasteiger partial charge in [0.2, 0.25) is 0 Å². The van der Waals surface area contributed by atoms with E-state index in [1.54, 1.807) is 36.5 Å². The summed E-state index contributed by atoms with van der Waals surface area (Å²) in [6, 6.07) is 14.3. The number of amides is 1. The maximum Gasteiger partial charge on any atom is 0.286 e. The Labute approximate surface area is 176 Å². The standard InChI is InChI=1S/C23H19ClN2O2S/c1-16-10-17(2)12-22(11-16)29(3,28)26-23(27)20-13-19(14-25-15-20)5-4-18-6-8-21(24)9-7-18/h6-15H,1-3H3. The van der Waals surface area contributed by atoms with Crippen molar-refractivity contribution in [2.75, 3.05) is 6.26 Å². The lowest BCUT2D eigenvalue weighted by molar-refractivity contribution is 0.100. The molecule has 3 rings (SSSR count). The second-order valence-corrected chi connectivity index (χ2v) is 9.44. The van der Waals surface area contributed by atoms with Gasteiger partial charge in [-0.05, 0) is 67.4 Å². The number of carbonyl (C=O) groups excluding carboxylic acids is 1. The van der Waals surface area contributed by atoms with Crippen molar-refractivity contribution in [3.05, 3.63) is 93.8 Å². The van der Waals surface area contributed by atoms with Crippen LogP contribution in [0.4, 0.5) is 0 Å². The number of aromatic nitrogens is 1. The van der Waals surface area contributed by atoms with Crippen LogP contribution < -0.4 is 0 Å². The van der Waals surface area contributed by atoms with Crippen LogP contribution in [0, 0.1) is 25.7 Å². The van der Waals surface area contributed by atoms with Gasteiger partial charge in [-0.1, -0.05) is 29.5 Å². The van der Waals surface area contributed by atoms with Crippen molar-refractivity contribution < 1.29 is 9.00 Å². The first-order valence-corrected chi connectivity index (χ1v) is 11.1. The average molecular weight is 423 g/mol. The van der Waals surface area contributed by atoms with Crippen molar-refractivity contribution in [1.29, 1.82) is 0 Å². The number of rotatable bonds is 2. The monoisotopic (exact) mass is 422 g/mol. The Morgan fingerprint density at radius 3 is 2.24 bits per heavy atom. The summed E-state index contributed by atoms with van der Waals surface area (Å²) in [4.78, 5) is 17.2. The molecule has 0 aliphatic heterocycles. The quantitative estimate of drug-likeness (QED) is 0.543. The molecular weight excluding hydrogens is 404 g/mol. The molecule has 1 atom stereocenters. The molecule has 0 N–H and O–H groups in total. The molecule has 1 heterocycles. The summed E-state index contributed by atoms with van der Waals surface area (Å²) in [6.45, 7) is 3.83. The molecule has 0 fully saturated rings. The van der Waals surface area contributed by atoms with Crippen LogP contribution in [0.1, 0.15) is 32.6 Å². The highest BCUT2D eigenvalue weighted by atomic mass is 35.5. The molecule has 0 bridgehead atoms. The fourth-order valence-corrected chi connectivity index (χ4v) is 4.18. The molecule has 0 saturated carbocycles. The largest absolute Gasteiger partial charge is 0.286 e. The predicted octanol–water partition coefficient (Wildman–Crippen LogP) is 5.05. The Morgan fingerprint density at radius 2 is 1.59 bits per heavy atom. The predicted molar refractivity (Wildman–Crippen MR) is 117 cm³/mol. The molecule has 0 saturated heterocycles. The van der Waals surface area contributed by atoms with Crippen LogP contribution in [-0.2, 0) is 9.73 Å². The van der Waals surface area contributed by atoms with E-state index in [-0.39, 0.29) is 5.56 Å². The summed E-state index contributed by atoms with van der Waals surface area (Å²) in [5.41, 5.74) is 3.54. The maximum absolute atomic E-state index is 13.1. The number of carbonyl (C=O) groups is 1. The second kappa shape index (κ2) is 8.60. The minimum Gasteiger partial charge on any atom is -0.266 e. The summed E-state index contributed by atoms with van der Waals surface area (Å²) in [7, 11) is -2.88.